The van der Waals surface area contributed by atoms with Crippen LogP contribution in [0.2, 0.25) is 0 Å². The van der Waals surface area contributed by atoms with E-state index in [9.17, 15) is 0 Å². The van der Waals surface area contributed by atoms with Crippen LogP contribution in [-0.2, 0) is 4.74 Å². The molecule has 2 heterocycles. The summed E-state index contributed by atoms with van der Waals surface area (Å²) in [7, 11) is 2.09. The van der Waals surface area contributed by atoms with Crippen molar-refractivity contribution in [3.63, 3.8) is 0 Å². The summed E-state index contributed by atoms with van der Waals surface area (Å²) in [6, 6.07) is 0.621. The molecule has 2 rings (SSSR count). The molecule has 0 saturated carbocycles. The number of rotatable bonds is 4. The summed E-state index contributed by atoms with van der Waals surface area (Å²) in [5.41, 5.74) is 0. The Hall–Kier alpha value is -0.120. The number of ether oxygens (including phenoxy) is 1. The molecule has 0 spiro atoms. The van der Waals surface area contributed by atoms with Crippen molar-refractivity contribution in [1.82, 2.24) is 10.2 Å². The Balaban J connectivity index is 1.77. The quantitative estimate of drug-likeness (QED) is 0.783. The molecule has 94 valence electrons. The van der Waals surface area contributed by atoms with Gasteiger partial charge in [0, 0.05) is 25.1 Å². The van der Waals surface area contributed by atoms with Crippen molar-refractivity contribution in [2.24, 2.45) is 11.8 Å². The van der Waals surface area contributed by atoms with Crippen molar-refractivity contribution in [2.45, 2.75) is 32.2 Å². The molecule has 0 aromatic rings. The third-order valence-electron chi connectivity index (χ3n) is 4.24. The largest absolute Gasteiger partial charge is 0.381 e. The second-order valence-corrected chi connectivity index (χ2v) is 5.50. The Morgan fingerprint density at radius 1 is 1.31 bits per heavy atom. The van der Waals surface area contributed by atoms with Gasteiger partial charge >= 0.3 is 0 Å². The van der Waals surface area contributed by atoms with Gasteiger partial charge in [-0.2, -0.15) is 0 Å². The molecular weight excluding hydrogens is 200 g/mol. The molecule has 0 aromatic heterocycles. The lowest BCUT2D eigenvalue weighted by Gasteiger charge is -2.34. The fourth-order valence-electron chi connectivity index (χ4n) is 2.87. The Morgan fingerprint density at radius 3 is 2.62 bits per heavy atom. The minimum atomic E-state index is 0.621. The fraction of sp³-hybridized carbons (Fsp3) is 1.00. The van der Waals surface area contributed by atoms with Gasteiger partial charge in [-0.05, 0) is 45.3 Å². The smallest absolute Gasteiger partial charge is 0.0510 e. The van der Waals surface area contributed by atoms with Crippen molar-refractivity contribution < 1.29 is 4.74 Å². The number of hydrogen-bond acceptors (Lipinski definition) is 3. The number of piperidine rings is 1. The van der Waals surface area contributed by atoms with Crippen molar-refractivity contribution in [3.05, 3.63) is 0 Å². The molecule has 0 bridgehead atoms. The maximum absolute atomic E-state index is 5.49. The SMILES string of the molecule is CNC(CN1CCC(C)CC1)C1CCOC1. The highest BCUT2D eigenvalue weighted by molar-refractivity contribution is 4.82. The van der Waals surface area contributed by atoms with Crippen molar-refractivity contribution in [2.75, 3.05) is 39.9 Å². The number of likely N-dealkylation sites (tertiary alicyclic amines) is 1. The van der Waals surface area contributed by atoms with Crippen molar-refractivity contribution >= 4 is 0 Å². The van der Waals surface area contributed by atoms with Gasteiger partial charge in [-0.1, -0.05) is 6.92 Å². The Labute approximate surface area is 99.5 Å². The van der Waals surface area contributed by atoms with Gasteiger partial charge in [0.2, 0.25) is 0 Å². The average Bonchev–Trinajstić information content (AvgIpc) is 2.82. The first-order chi connectivity index (χ1) is 7.79. The highest BCUT2D eigenvalue weighted by Gasteiger charge is 2.27. The van der Waals surface area contributed by atoms with Gasteiger partial charge in [0.05, 0.1) is 6.61 Å². The highest BCUT2D eigenvalue weighted by atomic mass is 16.5. The van der Waals surface area contributed by atoms with Crippen LogP contribution < -0.4 is 5.32 Å². The molecule has 16 heavy (non-hydrogen) atoms. The zero-order chi connectivity index (χ0) is 11.4. The normalized spacial score (nSPS) is 30.8. The number of nitrogens with one attached hydrogen (secondary N) is 1. The van der Waals surface area contributed by atoms with Gasteiger partial charge in [-0.25, -0.2) is 0 Å². The van der Waals surface area contributed by atoms with Crippen LogP contribution in [-0.4, -0.2) is 50.8 Å². The lowest BCUT2D eigenvalue weighted by molar-refractivity contribution is 0.143. The third kappa shape index (κ3) is 3.19. The summed E-state index contributed by atoms with van der Waals surface area (Å²) >= 11 is 0. The molecule has 2 fully saturated rings. The second kappa shape index (κ2) is 5.99. The molecule has 2 saturated heterocycles. The van der Waals surface area contributed by atoms with Gasteiger partial charge in [0.15, 0.2) is 0 Å². The molecular formula is C13H26N2O. The summed E-state index contributed by atoms with van der Waals surface area (Å²) < 4.78 is 5.49. The standard InChI is InChI=1S/C13H26N2O/c1-11-3-6-15(7-4-11)9-13(14-2)12-5-8-16-10-12/h11-14H,3-10H2,1-2H3. The van der Waals surface area contributed by atoms with Crippen molar-refractivity contribution in [1.29, 1.82) is 0 Å². The first kappa shape index (κ1) is 12.3. The predicted octanol–water partition coefficient (Wildman–Crippen LogP) is 1.34. The maximum atomic E-state index is 5.49. The lowest BCUT2D eigenvalue weighted by atomic mass is 9.95. The first-order valence-electron chi connectivity index (χ1n) is 6.77. The molecule has 0 aromatic carbocycles. The van der Waals surface area contributed by atoms with Crippen LogP contribution in [0.5, 0.6) is 0 Å². The number of hydrogen-bond donors (Lipinski definition) is 1. The van der Waals surface area contributed by atoms with Gasteiger partial charge in [-0.15, -0.1) is 0 Å². The highest BCUT2D eigenvalue weighted by Crippen LogP contribution is 2.20. The third-order valence-corrected chi connectivity index (χ3v) is 4.24. The first-order valence-corrected chi connectivity index (χ1v) is 6.77. The number of likely N-dealkylation sites (N-methyl/N-ethyl adjacent to an activating group) is 1. The van der Waals surface area contributed by atoms with Gasteiger partial charge in [-0.3, -0.25) is 0 Å². The van der Waals surface area contributed by atoms with Gasteiger partial charge < -0.3 is 15.0 Å². The topological polar surface area (TPSA) is 24.5 Å². The summed E-state index contributed by atoms with van der Waals surface area (Å²) in [5.74, 6) is 1.66. The van der Waals surface area contributed by atoms with E-state index < -0.39 is 0 Å². The molecule has 0 amide bonds. The minimum Gasteiger partial charge on any atom is -0.381 e. The van der Waals surface area contributed by atoms with E-state index in [1.165, 1.54) is 38.9 Å². The lowest BCUT2D eigenvalue weighted by Crippen LogP contribution is -2.46. The van der Waals surface area contributed by atoms with Crippen LogP contribution in [0.4, 0.5) is 0 Å². The number of nitrogens with zero attached hydrogens (tertiary/aromatic N) is 1. The van der Waals surface area contributed by atoms with E-state index in [0.29, 0.717) is 6.04 Å². The minimum absolute atomic E-state index is 0.621. The summed E-state index contributed by atoms with van der Waals surface area (Å²) in [6.07, 6.45) is 3.98. The molecule has 0 radical (unpaired) electrons. The molecule has 2 atom stereocenters. The van der Waals surface area contributed by atoms with Gasteiger partial charge in [0.25, 0.3) is 0 Å². The van der Waals surface area contributed by atoms with E-state index in [1.807, 2.05) is 0 Å². The van der Waals surface area contributed by atoms with Crippen molar-refractivity contribution in [3.8, 4) is 0 Å². The van der Waals surface area contributed by atoms with E-state index >= 15 is 0 Å². The zero-order valence-corrected chi connectivity index (χ0v) is 10.7. The van der Waals surface area contributed by atoms with Crippen LogP contribution in [0.25, 0.3) is 0 Å². The van der Waals surface area contributed by atoms with Crippen LogP contribution in [0.3, 0.4) is 0 Å². The van der Waals surface area contributed by atoms with Crippen LogP contribution >= 0.6 is 0 Å². The molecule has 2 aliphatic heterocycles. The summed E-state index contributed by atoms with van der Waals surface area (Å²) in [5, 5.41) is 3.48. The predicted molar refractivity (Wildman–Crippen MR) is 66.6 cm³/mol. The van der Waals surface area contributed by atoms with Crippen LogP contribution in [0.1, 0.15) is 26.2 Å². The Kier molecular flexibility index (Phi) is 4.62. The second-order valence-electron chi connectivity index (χ2n) is 5.50. The fourth-order valence-corrected chi connectivity index (χ4v) is 2.87. The molecule has 0 aliphatic carbocycles. The molecule has 1 N–H and O–H groups in total. The summed E-state index contributed by atoms with van der Waals surface area (Å²) in [4.78, 5) is 2.62. The molecule has 3 heteroatoms. The van der Waals surface area contributed by atoms with E-state index in [-0.39, 0.29) is 0 Å². The van der Waals surface area contributed by atoms with E-state index in [2.05, 4.69) is 24.2 Å². The molecule has 3 nitrogen and oxygen atoms in total. The van der Waals surface area contributed by atoms with Gasteiger partial charge in [0.1, 0.15) is 0 Å². The molecule has 2 unspecified atom stereocenters. The Morgan fingerprint density at radius 2 is 2.06 bits per heavy atom. The van der Waals surface area contributed by atoms with Crippen LogP contribution in [0.15, 0.2) is 0 Å². The average molecular weight is 226 g/mol. The van der Waals surface area contributed by atoms with E-state index in [4.69, 9.17) is 4.74 Å². The monoisotopic (exact) mass is 226 g/mol. The summed E-state index contributed by atoms with van der Waals surface area (Å²) in [6.45, 7) is 8.06. The maximum Gasteiger partial charge on any atom is 0.0510 e. The van der Waals surface area contributed by atoms with Crippen LogP contribution in [0, 0.1) is 11.8 Å². The molecule has 2 aliphatic rings. The Bertz CT molecular complexity index is 196. The van der Waals surface area contributed by atoms with E-state index in [0.717, 1.165) is 25.0 Å². The zero-order valence-electron chi connectivity index (χ0n) is 10.7. The van der Waals surface area contributed by atoms with E-state index in [1.54, 1.807) is 0 Å².